The first kappa shape index (κ1) is 17.3. The van der Waals surface area contributed by atoms with E-state index in [-0.39, 0.29) is 11.2 Å². The number of benzene rings is 2. The molecule has 1 fully saturated rings. The summed E-state index contributed by atoms with van der Waals surface area (Å²) in [6, 6.07) is 23.1. The van der Waals surface area contributed by atoms with Crippen LogP contribution in [0.4, 0.5) is 5.69 Å². The van der Waals surface area contributed by atoms with Crippen molar-refractivity contribution >= 4 is 34.7 Å². The Hall–Kier alpha value is -3.12. The fraction of sp³-hybridized carbons (Fsp3) is 0.0952. The van der Waals surface area contributed by atoms with Crippen LogP contribution in [0.1, 0.15) is 11.3 Å². The smallest absolute Gasteiger partial charge is 0.247 e. The average Bonchev–Trinajstić information content (AvgIpc) is 3.32. The Balaban J connectivity index is 1.61. The van der Waals surface area contributed by atoms with Gasteiger partial charge in [-0.25, -0.2) is 0 Å². The quantitative estimate of drug-likeness (QED) is 0.492. The predicted molar refractivity (Wildman–Crippen MR) is 109 cm³/mol. The molecule has 0 unspecified atom stereocenters. The third-order valence-electron chi connectivity index (χ3n) is 4.08. The largest absolute Gasteiger partial charge is 0.463 e. The first-order chi connectivity index (χ1) is 13.3. The number of anilines is 1. The molecule has 2 heterocycles. The minimum Gasteiger partial charge on any atom is -0.463 e. The van der Waals surface area contributed by atoms with E-state index >= 15 is 0 Å². The summed E-state index contributed by atoms with van der Waals surface area (Å²) in [5.74, 6) is 0.628. The van der Waals surface area contributed by atoms with E-state index in [1.807, 2.05) is 60.7 Å². The number of hydrogen-bond donors (Lipinski definition) is 0. The minimum absolute atomic E-state index is 0.0157. The topological polar surface area (TPSA) is 58.2 Å². The van der Waals surface area contributed by atoms with Crippen molar-refractivity contribution in [1.29, 1.82) is 0 Å². The number of rotatable bonds is 5. The molecule has 5 nitrogen and oxygen atoms in total. The van der Waals surface area contributed by atoms with E-state index in [2.05, 4.69) is 10.2 Å². The van der Waals surface area contributed by atoms with Gasteiger partial charge in [-0.1, -0.05) is 60.3 Å². The normalized spacial score (nSPS) is 18.7. The first-order valence-corrected chi connectivity index (χ1v) is 9.43. The van der Waals surface area contributed by atoms with Gasteiger partial charge in [0.2, 0.25) is 5.91 Å². The van der Waals surface area contributed by atoms with E-state index in [0.29, 0.717) is 17.3 Å². The van der Waals surface area contributed by atoms with E-state index in [1.165, 1.54) is 18.0 Å². The number of nitrogens with zero attached hydrogens (tertiary/aromatic N) is 3. The highest BCUT2D eigenvalue weighted by molar-refractivity contribution is 8.16. The molecule has 134 valence electrons. The van der Waals surface area contributed by atoms with Gasteiger partial charge in [0.15, 0.2) is 5.17 Å². The highest BCUT2D eigenvalue weighted by Crippen LogP contribution is 2.33. The Morgan fingerprint density at radius 3 is 2.44 bits per heavy atom. The summed E-state index contributed by atoms with van der Waals surface area (Å²) in [6.45, 7) is 0. The molecule has 1 aliphatic rings. The van der Waals surface area contributed by atoms with E-state index in [4.69, 9.17) is 4.42 Å². The second-order valence-corrected chi connectivity index (χ2v) is 7.12. The molecule has 27 heavy (non-hydrogen) atoms. The Kier molecular flexibility index (Phi) is 5.16. The standard InChI is InChI=1S/C21H17N3O2S/c25-20-19(14-16-8-3-1-4-9-16)27-21(23-22-15-18-12-7-13-26-18)24(20)17-10-5-2-6-11-17/h1-13,15,19H,14H2/t19-/m1/s1. The van der Waals surface area contributed by atoms with Crippen molar-refractivity contribution in [3.63, 3.8) is 0 Å². The lowest BCUT2D eigenvalue weighted by molar-refractivity contribution is -0.116. The van der Waals surface area contributed by atoms with Gasteiger partial charge in [0.05, 0.1) is 23.4 Å². The predicted octanol–water partition coefficient (Wildman–Crippen LogP) is 4.36. The zero-order valence-electron chi connectivity index (χ0n) is 14.4. The SMILES string of the molecule is O=C1[C@@H](Cc2ccccc2)SC(=NN=Cc2ccco2)N1c1ccccc1. The monoisotopic (exact) mass is 375 g/mol. The summed E-state index contributed by atoms with van der Waals surface area (Å²) in [4.78, 5) is 14.7. The highest BCUT2D eigenvalue weighted by atomic mass is 32.2. The van der Waals surface area contributed by atoms with E-state index in [1.54, 1.807) is 23.3 Å². The summed E-state index contributed by atoms with van der Waals surface area (Å²) in [5.41, 5.74) is 1.91. The van der Waals surface area contributed by atoms with Crippen molar-refractivity contribution in [2.75, 3.05) is 4.90 Å². The summed E-state index contributed by atoms with van der Waals surface area (Å²) >= 11 is 1.44. The van der Waals surface area contributed by atoms with Crippen molar-refractivity contribution in [3.8, 4) is 0 Å². The van der Waals surface area contributed by atoms with Gasteiger partial charge in [-0.2, -0.15) is 5.10 Å². The zero-order valence-corrected chi connectivity index (χ0v) is 15.3. The van der Waals surface area contributed by atoms with Gasteiger partial charge in [0.25, 0.3) is 0 Å². The van der Waals surface area contributed by atoms with Crippen LogP contribution in [-0.4, -0.2) is 22.5 Å². The summed E-state index contributed by atoms with van der Waals surface area (Å²) in [5, 5.41) is 8.73. The molecule has 0 radical (unpaired) electrons. The van der Waals surface area contributed by atoms with Crippen LogP contribution in [-0.2, 0) is 11.2 Å². The Labute approximate surface area is 161 Å². The summed E-state index contributed by atoms with van der Waals surface area (Å²) in [6.07, 6.45) is 3.76. The van der Waals surface area contributed by atoms with Gasteiger partial charge >= 0.3 is 0 Å². The van der Waals surface area contributed by atoms with Gasteiger partial charge < -0.3 is 4.42 Å². The number of amidine groups is 1. The fourth-order valence-electron chi connectivity index (χ4n) is 2.81. The third kappa shape index (κ3) is 4.01. The molecule has 2 aromatic carbocycles. The molecule has 0 saturated carbocycles. The second-order valence-electron chi connectivity index (χ2n) is 5.95. The van der Waals surface area contributed by atoms with Gasteiger partial charge in [-0.3, -0.25) is 9.69 Å². The number of carbonyl (C=O) groups is 1. The molecule has 1 aliphatic heterocycles. The number of carbonyl (C=O) groups excluding carboxylic acids is 1. The van der Waals surface area contributed by atoms with E-state index < -0.39 is 0 Å². The number of amides is 1. The number of thioether (sulfide) groups is 1. The number of para-hydroxylation sites is 1. The van der Waals surface area contributed by atoms with Crippen LogP contribution in [0, 0.1) is 0 Å². The molecular formula is C21H17N3O2S. The van der Waals surface area contributed by atoms with Gasteiger partial charge in [-0.15, -0.1) is 5.10 Å². The zero-order chi connectivity index (χ0) is 18.5. The number of hydrogen-bond acceptors (Lipinski definition) is 5. The van der Waals surface area contributed by atoms with Crippen molar-refractivity contribution in [2.24, 2.45) is 10.2 Å². The highest BCUT2D eigenvalue weighted by Gasteiger charge is 2.39. The minimum atomic E-state index is -0.231. The van der Waals surface area contributed by atoms with E-state index in [0.717, 1.165) is 11.3 Å². The van der Waals surface area contributed by atoms with Crippen LogP contribution in [0.3, 0.4) is 0 Å². The van der Waals surface area contributed by atoms with E-state index in [9.17, 15) is 4.79 Å². The lowest BCUT2D eigenvalue weighted by atomic mass is 10.1. The maximum absolute atomic E-state index is 13.1. The Bertz CT molecular complexity index is 954. The molecule has 1 saturated heterocycles. The van der Waals surface area contributed by atoms with Crippen LogP contribution in [0.5, 0.6) is 0 Å². The molecule has 0 N–H and O–H groups in total. The molecule has 0 spiro atoms. The molecule has 3 aromatic rings. The average molecular weight is 375 g/mol. The van der Waals surface area contributed by atoms with Gasteiger partial charge in [0.1, 0.15) is 5.76 Å². The van der Waals surface area contributed by atoms with Crippen LogP contribution < -0.4 is 4.90 Å². The molecular weight excluding hydrogens is 358 g/mol. The Morgan fingerprint density at radius 2 is 1.74 bits per heavy atom. The molecule has 4 rings (SSSR count). The molecule has 1 atom stereocenters. The van der Waals surface area contributed by atoms with Crippen LogP contribution >= 0.6 is 11.8 Å². The van der Waals surface area contributed by atoms with Crippen LogP contribution in [0.25, 0.3) is 0 Å². The van der Waals surface area contributed by atoms with Gasteiger partial charge in [-0.05, 0) is 36.2 Å². The lowest BCUT2D eigenvalue weighted by Gasteiger charge is -2.15. The van der Waals surface area contributed by atoms with Gasteiger partial charge in [0, 0.05) is 0 Å². The molecule has 0 aliphatic carbocycles. The molecule has 0 bridgehead atoms. The van der Waals surface area contributed by atoms with Crippen molar-refractivity contribution in [3.05, 3.63) is 90.4 Å². The lowest BCUT2D eigenvalue weighted by Crippen LogP contribution is -2.32. The van der Waals surface area contributed by atoms with Crippen molar-refractivity contribution in [1.82, 2.24) is 0 Å². The molecule has 1 aromatic heterocycles. The third-order valence-corrected chi connectivity index (χ3v) is 5.21. The van der Waals surface area contributed by atoms with Crippen LogP contribution in [0.15, 0.2) is 93.7 Å². The second kappa shape index (κ2) is 8.05. The van der Waals surface area contributed by atoms with Crippen molar-refractivity contribution in [2.45, 2.75) is 11.7 Å². The summed E-state index contributed by atoms with van der Waals surface area (Å²) < 4.78 is 5.23. The maximum atomic E-state index is 13.1. The first-order valence-electron chi connectivity index (χ1n) is 8.55. The fourth-order valence-corrected chi connectivity index (χ4v) is 3.94. The van der Waals surface area contributed by atoms with Crippen molar-refractivity contribution < 1.29 is 9.21 Å². The Morgan fingerprint density at radius 1 is 1.00 bits per heavy atom. The number of furan rings is 1. The van der Waals surface area contributed by atoms with Crippen LogP contribution in [0.2, 0.25) is 0 Å². The summed E-state index contributed by atoms with van der Waals surface area (Å²) in [7, 11) is 0. The maximum Gasteiger partial charge on any atom is 0.247 e. The molecule has 1 amide bonds. The molecule has 6 heteroatoms.